The summed E-state index contributed by atoms with van der Waals surface area (Å²) >= 11 is 0. The predicted molar refractivity (Wildman–Crippen MR) is 109 cm³/mol. The molecule has 146 valence electrons. The SMILES string of the molecule is CC(C)CCCC(C)NC(=O)c1cccc(NS(=O)(=O)c2ccccc2)c1. The van der Waals surface area contributed by atoms with Gasteiger partial charge in [-0.05, 0) is 49.6 Å². The van der Waals surface area contributed by atoms with E-state index in [1.807, 2.05) is 6.92 Å². The lowest BCUT2D eigenvalue weighted by molar-refractivity contribution is 0.0938. The van der Waals surface area contributed by atoms with E-state index in [0.29, 0.717) is 17.2 Å². The van der Waals surface area contributed by atoms with E-state index in [-0.39, 0.29) is 16.8 Å². The minimum Gasteiger partial charge on any atom is -0.350 e. The van der Waals surface area contributed by atoms with E-state index in [4.69, 9.17) is 0 Å². The molecule has 1 atom stereocenters. The van der Waals surface area contributed by atoms with Crippen molar-refractivity contribution in [3.63, 3.8) is 0 Å². The first-order valence-corrected chi connectivity index (χ1v) is 10.7. The van der Waals surface area contributed by atoms with Crippen molar-refractivity contribution < 1.29 is 13.2 Å². The van der Waals surface area contributed by atoms with Crippen molar-refractivity contribution in [3.8, 4) is 0 Å². The summed E-state index contributed by atoms with van der Waals surface area (Å²) in [5, 5.41) is 2.98. The first kappa shape index (κ1) is 21.0. The molecule has 0 heterocycles. The van der Waals surface area contributed by atoms with Crippen LogP contribution in [0.25, 0.3) is 0 Å². The highest BCUT2D eigenvalue weighted by atomic mass is 32.2. The Bertz CT molecular complexity index is 849. The molecule has 2 aromatic carbocycles. The molecular formula is C21H28N2O3S. The Balaban J connectivity index is 2.01. The third-order valence-corrected chi connectivity index (χ3v) is 5.62. The monoisotopic (exact) mass is 388 g/mol. The van der Waals surface area contributed by atoms with Gasteiger partial charge in [0.1, 0.15) is 0 Å². The smallest absolute Gasteiger partial charge is 0.261 e. The van der Waals surface area contributed by atoms with E-state index < -0.39 is 10.0 Å². The van der Waals surface area contributed by atoms with Gasteiger partial charge in [0, 0.05) is 17.3 Å². The van der Waals surface area contributed by atoms with Crippen LogP contribution >= 0.6 is 0 Å². The van der Waals surface area contributed by atoms with E-state index in [0.717, 1.165) is 19.3 Å². The van der Waals surface area contributed by atoms with E-state index in [9.17, 15) is 13.2 Å². The minimum absolute atomic E-state index is 0.0703. The van der Waals surface area contributed by atoms with Gasteiger partial charge in [-0.2, -0.15) is 0 Å². The van der Waals surface area contributed by atoms with Crippen LogP contribution in [0.3, 0.4) is 0 Å². The molecule has 0 aliphatic carbocycles. The van der Waals surface area contributed by atoms with Crippen LogP contribution < -0.4 is 10.0 Å². The molecule has 0 radical (unpaired) electrons. The number of nitrogens with one attached hydrogen (secondary N) is 2. The van der Waals surface area contributed by atoms with Gasteiger partial charge in [-0.3, -0.25) is 9.52 Å². The number of amides is 1. The molecular weight excluding hydrogens is 360 g/mol. The fraction of sp³-hybridized carbons (Fsp3) is 0.381. The quantitative estimate of drug-likeness (QED) is 0.667. The zero-order chi connectivity index (χ0) is 19.9. The van der Waals surface area contributed by atoms with Gasteiger partial charge in [-0.1, -0.05) is 51.0 Å². The lowest BCUT2D eigenvalue weighted by Gasteiger charge is -2.15. The zero-order valence-electron chi connectivity index (χ0n) is 16.1. The van der Waals surface area contributed by atoms with Crippen molar-refractivity contribution in [2.45, 2.75) is 51.0 Å². The summed E-state index contributed by atoms with van der Waals surface area (Å²) in [7, 11) is -3.68. The summed E-state index contributed by atoms with van der Waals surface area (Å²) in [6.45, 7) is 6.36. The summed E-state index contributed by atoms with van der Waals surface area (Å²) in [5.74, 6) is 0.454. The van der Waals surface area contributed by atoms with Crippen molar-refractivity contribution in [2.75, 3.05) is 4.72 Å². The molecule has 2 rings (SSSR count). The second kappa shape index (κ2) is 9.55. The maximum Gasteiger partial charge on any atom is 0.261 e. The zero-order valence-corrected chi connectivity index (χ0v) is 16.9. The topological polar surface area (TPSA) is 75.3 Å². The van der Waals surface area contributed by atoms with Crippen LogP contribution in [-0.4, -0.2) is 20.4 Å². The Hall–Kier alpha value is -2.34. The summed E-state index contributed by atoms with van der Waals surface area (Å²) in [4.78, 5) is 12.6. The average Bonchev–Trinajstić information content (AvgIpc) is 2.62. The van der Waals surface area contributed by atoms with Crippen molar-refractivity contribution >= 4 is 21.6 Å². The van der Waals surface area contributed by atoms with Gasteiger partial charge in [-0.25, -0.2) is 8.42 Å². The molecule has 27 heavy (non-hydrogen) atoms. The van der Waals surface area contributed by atoms with Crippen molar-refractivity contribution in [1.29, 1.82) is 0 Å². The number of anilines is 1. The molecule has 6 heteroatoms. The van der Waals surface area contributed by atoms with Crippen molar-refractivity contribution in [1.82, 2.24) is 5.32 Å². The standard InChI is InChI=1S/C21H28N2O3S/c1-16(2)9-7-10-17(3)22-21(24)18-11-8-12-19(15-18)23-27(25,26)20-13-5-4-6-14-20/h4-6,8,11-17,23H,7,9-10H2,1-3H3,(H,22,24). The molecule has 0 aliphatic heterocycles. The molecule has 0 spiro atoms. The van der Waals surface area contributed by atoms with Gasteiger partial charge >= 0.3 is 0 Å². The first-order valence-electron chi connectivity index (χ1n) is 9.26. The second-order valence-corrected chi connectivity index (χ2v) is 8.88. The summed E-state index contributed by atoms with van der Waals surface area (Å²) in [6.07, 6.45) is 3.12. The number of sulfonamides is 1. The number of hydrogen-bond donors (Lipinski definition) is 2. The Morgan fingerprint density at radius 2 is 1.67 bits per heavy atom. The normalized spacial score (nSPS) is 12.6. The lowest BCUT2D eigenvalue weighted by atomic mass is 10.0. The lowest BCUT2D eigenvalue weighted by Crippen LogP contribution is -2.32. The van der Waals surface area contributed by atoms with Gasteiger partial charge in [0.25, 0.3) is 15.9 Å². The molecule has 1 unspecified atom stereocenters. The van der Waals surface area contributed by atoms with Gasteiger partial charge < -0.3 is 5.32 Å². The number of hydrogen-bond acceptors (Lipinski definition) is 3. The fourth-order valence-corrected chi connectivity index (χ4v) is 3.82. The Kier molecular flexibility index (Phi) is 7.42. The Labute approximate surface area is 162 Å². The van der Waals surface area contributed by atoms with Gasteiger partial charge in [0.15, 0.2) is 0 Å². The van der Waals surface area contributed by atoms with Gasteiger partial charge in [0.05, 0.1) is 4.90 Å². The van der Waals surface area contributed by atoms with Crippen LogP contribution in [0, 0.1) is 5.92 Å². The van der Waals surface area contributed by atoms with Crippen LogP contribution in [0.4, 0.5) is 5.69 Å². The van der Waals surface area contributed by atoms with Crippen molar-refractivity contribution in [3.05, 3.63) is 60.2 Å². The molecule has 2 N–H and O–H groups in total. The van der Waals surface area contributed by atoms with E-state index >= 15 is 0 Å². The van der Waals surface area contributed by atoms with E-state index in [2.05, 4.69) is 23.9 Å². The second-order valence-electron chi connectivity index (χ2n) is 7.20. The number of rotatable bonds is 9. The maximum absolute atomic E-state index is 12.5. The molecule has 0 saturated heterocycles. The fourth-order valence-electron chi connectivity index (χ4n) is 2.75. The molecule has 0 bridgehead atoms. The maximum atomic E-state index is 12.5. The largest absolute Gasteiger partial charge is 0.350 e. The van der Waals surface area contributed by atoms with Gasteiger partial charge in [0.2, 0.25) is 0 Å². The highest BCUT2D eigenvalue weighted by molar-refractivity contribution is 7.92. The third kappa shape index (κ3) is 6.71. The minimum atomic E-state index is -3.68. The van der Waals surface area contributed by atoms with E-state index in [1.54, 1.807) is 42.5 Å². The average molecular weight is 389 g/mol. The molecule has 2 aromatic rings. The molecule has 0 saturated carbocycles. The number of carbonyl (C=O) groups is 1. The molecule has 0 aromatic heterocycles. The number of carbonyl (C=O) groups excluding carboxylic acids is 1. The highest BCUT2D eigenvalue weighted by Gasteiger charge is 2.15. The number of benzene rings is 2. The molecule has 5 nitrogen and oxygen atoms in total. The van der Waals surface area contributed by atoms with E-state index in [1.165, 1.54) is 12.1 Å². The Morgan fingerprint density at radius 3 is 2.33 bits per heavy atom. The summed E-state index contributed by atoms with van der Waals surface area (Å²) in [6, 6.07) is 14.7. The predicted octanol–water partition coefficient (Wildman–Crippen LogP) is 4.43. The van der Waals surface area contributed by atoms with Crippen molar-refractivity contribution in [2.24, 2.45) is 5.92 Å². The van der Waals surface area contributed by atoms with Crippen LogP contribution in [-0.2, 0) is 10.0 Å². The molecule has 0 aliphatic rings. The summed E-state index contributed by atoms with van der Waals surface area (Å²) in [5.41, 5.74) is 0.790. The van der Waals surface area contributed by atoms with Gasteiger partial charge in [-0.15, -0.1) is 0 Å². The van der Waals surface area contributed by atoms with Crippen LogP contribution in [0.2, 0.25) is 0 Å². The summed E-state index contributed by atoms with van der Waals surface area (Å²) < 4.78 is 27.4. The van der Waals surface area contributed by atoms with Crippen LogP contribution in [0.1, 0.15) is 50.4 Å². The molecule has 1 amide bonds. The molecule has 0 fully saturated rings. The Morgan fingerprint density at radius 1 is 0.963 bits per heavy atom. The highest BCUT2D eigenvalue weighted by Crippen LogP contribution is 2.17. The van der Waals surface area contributed by atoms with Crippen LogP contribution in [0.5, 0.6) is 0 Å². The van der Waals surface area contributed by atoms with Crippen LogP contribution in [0.15, 0.2) is 59.5 Å². The third-order valence-electron chi connectivity index (χ3n) is 4.23. The first-order chi connectivity index (χ1) is 12.8.